The van der Waals surface area contributed by atoms with Gasteiger partial charge in [0.05, 0.1) is 16.7 Å². The van der Waals surface area contributed by atoms with E-state index in [1.54, 1.807) is 15.9 Å². The Balaban J connectivity index is 1.67. The Bertz CT molecular complexity index is 874. The lowest BCUT2D eigenvalue weighted by molar-refractivity contribution is -0.119. The highest BCUT2D eigenvalue weighted by Crippen LogP contribution is 2.27. The SMILES string of the molecule is C[C@H](NC(=O)CSc1nnc(-c2cccs2)n1CC(N)=O)c1cccs1. The van der Waals surface area contributed by atoms with E-state index in [1.807, 2.05) is 41.9 Å². The van der Waals surface area contributed by atoms with Crippen molar-refractivity contribution in [2.45, 2.75) is 24.7 Å². The maximum atomic E-state index is 12.2. The molecule has 0 fully saturated rings. The molecule has 10 heteroatoms. The molecule has 3 N–H and O–H groups in total. The van der Waals surface area contributed by atoms with E-state index in [0.717, 1.165) is 9.75 Å². The number of thiophene rings is 2. The van der Waals surface area contributed by atoms with Crippen LogP contribution in [0.5, 0.6) is 0 Å². The summed E-state index contributed by atoms with van der Waals surface area (Å²) in [6.07, 6.45) is 0. The molecular weight excluding hydrogens is 390 g/mol. The van der Waals surface area contributed by atoms with Crippen LogP contribution in [0.15, 0.2) is 40.2 Å². The quantitative estimate of drug-likeness (QED) is 0.559. The molecule has 136 valence electrons. The summed E-state index contributed by atoms with van der Waals surface area (Å²) in [5, 5.41) is 15.6. The van der Waals surface area contributed by atoms with Crippen molar-refractivity contribution >= 4 is 46.2 Å². The minimum atomic E-state index is -0.486. The van der Waals surface area contributed by atoms with Crippen LogP contribution in [0.3, 0.4) is 0 Å². The molecule has 2 amide bonds. The first-order valence-corrected chi connectivity index (χ1v) is 10.5. The third kappa shape index (κ3) is 4.51. The van der Waals surface area contributed by atoms with Gasteiger partial charge in [0.1, 0.15) is 6.54 Å². The van der Waals surface area contributed by atoms with Gasteiger partial charge >= 0.3 is 0 Å². The minimum absolute atomic E-state index is 0.0320. The molecule has 1 atom stereocenters. The number of carbonyl (C=O) groups excluding carboxylic acids is 2. The summed E-state index contributed by atoms with van der Waals surface area (Å²) in [6.45, 7) is 1.91. The molecule has 0 radical (unpaired) electrons. The fraction of sp³-hybridized carbons (Fsp3) is 0.250. The predicted octanol–water partition coefficient (Wildman–Crippen LogP) is 2.52. The molecular formula is C16H17N5O2S3. The molecule has 0 aliphatic heterocycles. The molecule has 26 heavy (non-hydrogen) atoms. The van der Waals surface area contributed by atoms with Crippen LogP contribution in [0.4, 0.5) is 0 Å². The van der Waals surface area contributed by atoms with E-state index in [9.17, 15) is 9.59 Å². The Labute approximate surface area is 162 Å². The summed E-state index contributed by atoms with van der Waals surface area (Å²) in [5.74, 6) is 0.160. The van der Waals surface area contributed by atoms with Crippen LogP contribution in [0.2, 0.25) is 0 Å². The van der Waals surface area contributed by atoms with Gasteiger partial charge in [0.15, 0.2) is 11.0 Å². The van der Waals surface area contributed by atoms with E-state index in [-0.39, 0.29) is 24.2 Å². The van der Waals surface area contributed by atoms with E-state index in [2.05, 4.69) is 15.5 Å². The second-order valence-corrected chi connectivity index (χ2v) is 8.30. The molecule has 0 saturated carbocycles. The van der Waals surface area contributed by atoms with Crippen LogP contribution in [0, 0.1) is 0 Å². The van der Waals surface area contributed by atoms with E-state index < -0.39 is 5.91 Å². The number of nitrogens with zero attached hydrogens (tertiary/aromatic N) is 3. The maximum Gasteiger partial charge on any atom is 0.237 e. The third-order valence-electron chi connectivity index (χ3n) is 3.45. The van der Waals surface area contributed by atoms with Crippen molar-refractivity contribution in [3.05, 3.63) is 39.9 Å². The monoisotopic (exact) mass is 407 g/mol. The van der Waals surface area contributed by atoms with Crippen LogP contribution >= 0.6 is 34.4 Å². The number of nitrogens with two attached hydrogens (primary N) is 1. The molecule has 0 spiro atoms. The van der Waals surface area contributed by atoms with E-state index >= 15 is 0 Å². The summed E-state index contributed by atoms with van der Waals surface area (Å²) in [6, 6.07) is 7.69. The maximum absolute atomic E-state index is 12.2. The van der Waals surface area contributed by atoms with E-state index in [0.29, 0.717) is 11.0 Å². The predicted molar refractivity (Wildman–Crippen MR) is 104 cm³/mol. The summed E-state index contributed by atoms with van der Waals surface area (Å²) in [4.78, 5) is 25.6. The zero-order chi connectivity index (χ0) is 18.5. The third-order valence-corrected chi connectivity index (χ3v) is 6.34. The topological polar surface area (TPSA) is 103 Å². The Kier molecular flexibility index (Phi) is 6.07. The number of amides is 2. The number of aromatic nitrogens is 3. The number of hydrogen-bond donors (Lipinski definition) is 2. The van der Waals surface area contributed by atoms with Gasteiger partial charge in [-0.15, -0.1) is 32.9 Å². The van der Waals surface area contributed by atoms with Gasteiger partial charge in [-0.1, -0.05) is 23.9 Å². The van der Waals surface area contributed by atoms with Crippen LogP contribution in [-0.4, -0.2) is 32.3 Å². The average molecular weight is 408 g/mol. The van der Waals surface area contributed by atoms with E-state index in [1.165, 1.54) is 23.1 Å². The Morgan fingerprint density at radius 3 is 2.69 bits per heavy atom. The fourth-order valence-electron chi connectivity index (χ4n) is 2.30. The molecule has 3 aromatic heterocycles. The van der Waals surface area contributed by atoms with Crippen LogP contribution in [0.25, 0.3) is 10.7 Å². The Morgan fingerprint density at radius 1 is 1.27 bits per heavy atom. The minimum Gasteiger partial charge on any atom is -0.368 e. The van der Waals surface area contributed by atoms with Crippen LogP contribution < -0.4 is 11.1 Å². The molecule has 0 saturated heterocycles. The number of primary amides is 1. The van der Waals surface area contributed by atoms with Crippen molar-refractivity contribution in [2.24, 2.45) is 5.73 Å². The molecule has 0 bridgehead atoms. The Morgan fingerprint density at radius 2 is 2.04 bits per heavy atom. The van der Waals surface area contributed by atoms with Gasteiger partial charge < -0.3 is 11.1 Å². The number of nitrogens with one attached hydrogen (secondary N) is 1. The van der Waals surface area contributed by atoms with E-state index in [4.69, 9.17) is 5.73 Å². The smallest absolute Gasteiger partial charge is 0.237 e. The molecule has 0 unspecified atom stereocenters. The number of hydrogen-bond acceptors (Lipinski definition) is 7. The average Bonchev–Trinajstić information content (AvgIpc) is 3.34. The summed E-state index contributed by atoms with van der Waals surface area (Å²) < 4.78 is 1.65. The summed E-state index contributed by atoms with van der Waals surface area (Å²) in [5.41, 5.74) is 5.35. The zero-order valence-corrected chi connectivity index (χ0v) is 16.4. The molecule has 3 rings (SSSR count). The normalized spacial score (nSPS) is 12.0. The lowest BCUT2D eigenvalue weighted by Crippen LogP contribution is -2.28. The first-order chi connectivity index (χ1) is 12.5. The molecule has 7 nitrogen and oxygen atoms in total. The number of rotatable bonds is 8. The van der Waals surface area contributed by atoms with Crippen molar-refractivity contribution < 1.29 is 9.59 Å². The van der Waals surface area contributed by atoms with Gasteiger partial charge in [0.25, 0.3) is 0 Å². The molecule has 3 aromatic rings. The van der Waals surface area contributed by atoms with Crippen LogP contribution in [0.1, 0.15) is 17.8 Å². The first kappa shape index (κ1) is 18.6. The lowest BCUT2D eigenvalue weighted by atomic mass is 10.3. The second kappa shape index (κ2) is 8.47. The molecule has 0 aliphatic carbocycles. The van der Waals surface area contributed by atoms with Gasteiger partial charge in [-0.05, 0) is 29.8 Å². The first-order valence-electron chi connectivity index (χ1n) is 7.75. The highest BCUT2D eigenvalue weighted by Gasteiger charge is 2.18. The van der Waals surface area contributed by atoms with Gasteiger partial charge in [-0.3, -0.25) is 14.2 Å². The molecule has 0 aromatic carbocycles. The van der Waals surface area contributed by atoms with Crippen molar-refractivity contribution in [1.82, 2.24) is 20.1 Å². The van der Waals surface area contributed by atoms with Crippen LogP contribution in [-0.2, 0) is 16.1 Å². The standard InChI is InChI=1S/C16H17N5O2S3/c1-10(11-4-2-6-24-11)18-14(23)9-26-16-20-19-15(12-5-3-7-25-12)21(16)8-13(17)22/h2-7,10H,8-9H2,1H3,(H2,17,22)(H,18,23)/t10-/m0/s1. The second-order valence-electron chi connectivity index (χ2n) is 5.43. The highest BCUT2D eigenvalue weighted by atomic mass is 32.2. The highest BCUT2D eigenvalue weighted by molar-refractivity contribution is 7.99. The molecule has 0 aliphatic rings. The van der Waals surface area contributed by atoms with Crippen molar-refractivity contribution in [3.63, 3.8) is 0 Å². The fourth-order valence-corrected chi connectivity index (χ4v) is 4.50. The van der Waals surface area contributed by atoms with Crippen molar-refractivity contribution in [2.75, 3.05) is 5.75 Å². The number of carbonyl (C=O) groups is 2. The largest absolute Gasteiger partial charge is 0.368 e. The number of thioether (sulfide) groups is 1. The van der Waals surface area contributed by atoms with Gasteiger partial charge in [-0.25, -0.2) is 0 Å². The van der Waals surface area contributed by atoms with Crippen molar-refractivity contribution in [1.29, 1.82) is 0 Å². The van der Waals surface area contributed by atoms with Gasteiger partial charge in [0.2, 0.25) is 11.8 Å². The van der Waals surface area contributed by atoms with Gasteiger partial charge in [0, 0.05) is 4.88 Å². The molecule has 3 heterocycles. The summed E-state index contributed by atoms with van der Waals surface area (Å²) in [7, 11) is 0. The van der Waals surface area contributed by atoms with Gasteiger partial charge in [-0.2, -0.15) is 0 Å². The zero-order valence-electron chi connectivity index (χ0n) is 13.9. The Hall–Kier alpha value is -2.17. The summed E-state index contributed by atoms with van der Waals surface area (Å²) >= 11 is 4.33. The van der Waals surface area contributed by atoms with Crippen molar-refractivity contribution in [3.8, 4) is 10.7 Å². The lowest BCUT2D eigenvalue weighted by Gasteiger charge is -2.12.